The van der Waals surface area contributed by atoms with Crippen molar-refractivity contribution in [3.63, 3.8) is 0 Å². The van der Waals surface area contributed by atoms with E-state index in [1.807, 2.05) is 6.08 Å². The summed E-state index contributed by atoms with van der Waals surface area (Å²) in [6.45, 7) is 6.54. The Bertz CT molecular complexity index is 201. The van der Waals surface area contributed by atoms with Gasteiger partial charge in [0.2, 0.25) is 0 Å². The molecule has 1 rings (SSSR count). The highest BCUT2D eigenvalue weighted by atomic mass is 16.3. The standard InChI is InChI=1S/C10H16O/c1-8(2)10(3)6-4-5-9(11)7-10/h4-6,8,11H,7H2,1-3H3. The van der Waals surface area contributed by atoms with Gasteiger partial charge in [-0.05, 0) is 17.4 Å². The van der Waals surface area contributed by atoms with Crippen molar-refractivity contribution in [1.82, 2.24) is 0 Å². The van der Waals surface area contributed by atoms with Gasteiger partial charge >= 0.3 is 0 Å². The number of hydrogen-bond acceptors (Lipinski definition) is 1. The van der Waals surface area contributed by atoms with E-state index < -0.39 is 0 Å². The first-order valence-corrected chi connectivity index (χ1v) is 4.12. The van der Waals surface area contributed by atoms with Gasteiger partial charge in [-0.25, -0.2) is 0 Å². The minimum absolute atomic E-state index is 0.152. The van der Waals surface area contributed by atoms with Gasteiger partial charge in [-0.1, -0.05) is 32.9 Å². The molecule has 1 N–H and O–H groups in total. The van der Waals surface area contributed by atoms with E-state index in [0.717, 1.165) is 6.42 Å². The van der Waals surface area contributed by atoms with Gasteiger partial charge in [0.25, 0.3) is 0 Å². The SMILES string of the molecule is CC(C)C1(C)C=CC=C(O)C1. The lowest BCUT2D eigenvalue weighted by atomic mass is 9.74. The molecule has 1 aliphatic rings. The molecule has 0 aromatic carbocycles. The highest BCUT2D eigenvalue weighted by Gasteiger charge is 2.27. The minimum Gasteiger partial charge on any atom is -0.512 e. The third kappa shape index (κ3) is 1.65. The molecule has 1 heteroatoms. The Labute approximate surface area is 68.4 Å². The summed E-state index contributed by atoms with van der Waals surface area (Å²) >= 11 is 0. The third-order valence-electron chi connectivity index (χ3n) is 2.65. The van der Waals surface area contributed by atoms with Crippen LogP contribution >= 0.6 is 0 Å². The normalized spacial score (nSPS) is 30.7. The topological polar surface area (TPSA) is 20.2 Å². The van der Waals surface area contributed by atoms with Crippen LogP contribution in [0, 0.1) is 11.3 Å². The van der Waals surface area contributed by atoms with E-state index in [-0.39, 0.29) is 5.41 Å². The first-order chi connectivity index (χ1) is 5.04. The summed E-state index contributed by atoms with van der Waals surface area (Å²) in [4.78, 5) is 0. The molecule has 0 saturated carbocycles. The zero-order valence-electron chi connectivity index (χ0n) is 7.46. The molecule has 0 amide bonds. The Morgan fingerprint density at radius 2 is 2.18 bits per heavy atom. The van der Waals surface area contributed by atoms with Crippen LogP contribution in [-0.2, 0) is 0 Å². The van der Waals surface area contributed by atoms with Crippen molar-refractivity contribution in [2.75, 3.05) is 0 Å². The lowest BCUT2D eigenvalue weighted by molar-refractivity contribution is 0.242. The summed E-state index contributed by atoms with van der Waals surface area (Å²) in [7, 11) is 0. The first-order valence-electron chi connectivity index (χ1n) is 4.12. The first kappa shape index (κ1) is 8.38. The quantitative estimate of drug-likeness (QED) is 0.612. The summed E-state index contributed by atoms with van der Waals surface area (Å²) in [5.74, 6) is 1.08. The van der Waals surface area contributed by atoms with Gasteiger partial charge in [-0.3, -0.25) is 0 Å². The fourth-order valence-electron chi connectivity index (χ4n) is 1.28. The summed E-state index contributed by atoms with van der Waals surface area (Å²) in [6.07, 6.45) is 6.67. The van der Waals surface area contributed by atoms with Gasteiger partial charge in [0.1, 0.15) is 0 Å². The van der Waals surface area contributed by atoms with Crippen molar-refractivity contribution in [2.24, 2.45) is 11.3 Å². The predicted molar refractivity (Wildman–Crippen MR) is 47.4 cm³/mol. The zero-order valence-corrected chi connectivity index (χ0v) is 7.46. The van der Waals surface area contributed by atoms with Crippen LogP contribution in [-0.4, -0.2) is 5.11 Å². The van der Waals surface area contributed by atoms with E-state index in [0.29, 0.717) is 11.7 Å². The van der Waals surface area contributed by atoms with E-state index in [4.69, 9.17) is 0 Å². The van der Waals surface area contributed by atoms with Crippen LogP contribution in [0.4, 0.5) is 0 Å². The average molecular weight is 152 g/mol. The zero-order chi connectivity index (χ0) is 8.48. The number of hydrogen-bond donors (Lipinski definition) is 1. The molecule has 0 heterocycles. The molecule has 11 heavy (non-hydrogen) atoms. The van der Waals surface area contributed by atoms with Crippen molar-refractivity contribution in [3.05, 3.63) is 24.0 Å². The van der Waals surface area contributed by atoms with Gasteiger partial charge in [-0.2, -0.15) is 0 Å². The Kier molecular flexibility index (Phi) is 2.08. The Morgan fingerprint density at radius 1 is 1.55 bits per heavy atom. The van der Waals surface area contributed by atoms with E-state index in [9.17, 15) is 5.11 Å². The Balaban J connectivity index is 2.78. The van der Waals surface area contributed by atoms with Crippen molar-refractivity contribution in [1.29, 1.82) is 0 Å². The predicted octanol–water partition coefficient (Wildman–Crippen LogP) is 3.05. The Hall–Kier alpha value is -0.720. The lowest BCUT2D eigenvalue weighted by Gasteiger charge is -2.31. The summed E-state index contributed by atoms with van der Waals surface area (Å²) in [5.41, 5.74) is 0.152. The van der Waals surface area contributed by atoms with Gasteiger partial charge in [-0.15, -0.1) is 0 Å². The molecule has 1 atom stereocenters. The van der Waals surface area contributed by atoms with Crippen LogP contribution in [0.1, 0.15) is 27.2 Å². The molecule has 1 unspecified atom stereocenters. The van der Waals surface area contributed by atoms with Gasteiger partial charge in [0, 0.05) is 6.42 Å². The molecule has 1 aliphatic carbocycles. The molecule has 0 aromatic rings. The second-order valence-corrected chi connectivity index (χ2v) is 3.85. The third-order valence-corrected chi connectivity index (χ3v) is 2.65. The van der Waals surface area contributed by atoms with Crippen LogP contribution in [0.15, 0.2) is 24.0 Å². The number of rotatable bonds is 1. The van der Waals surface area contributed by atoms with Crippen LogP contribution in [0.2, 0.25) is 0 Å². The second kappa shape index (κ2) is 2.72. The Morgan fingerprint density at radius 3 is 2.55 bits per heavy atom. The molecule has 1 nitrogen and oxygen atoms in total. The van der Waals surface area contributed by atoms with E-state index >= 15 is 0 Å². The average Bonchev–Trinajstić information content (AvgIpc) is 1.86. The molecule has 0 aromatic heterocycles. The molecule has 0 bridgehead atoms. The molecular formula is C10H16O. The molecule has 62 valence electrons. The van der Waals surface area contributed by atoms with Crippen LogP contribution in [0.25, 0.3) is 0 Å². The maximum Gasteiger partial charge on any atom is 0.0931 e. The van der Waals surface area contributed by atoms with Crippen LogP contribution < -0.4 is 0 Å². The molecule has 0 saturated heterocycles. The summed E-state index contributed by atoms with van der Waals surface area (Å²) in [6, 6.07) is 0. The second-order valence-electron chi connectivity index (χ2n) is 3.85. The van der Waals surface area contributed by atoms with Crippen molar-refractivity contribution in [2.45, 2.75) is 27.2 Å². The highest BCUT2D eigenvalue weighted by Crippen LogP contribution is 2.37. The van der Waals surface area contributed by atoms with Crippen molar-refractivity contribution in [3.8, 4) is 0 Å². The molecule has 0 radical (unpaired) electrons. The van der Waals surface area contributed by atoms with Crippen molar-refractivity contribution < 1.29 is 5.11 Å². The molecule has 0 aliphatic heterocycles. The molecular weight excluding hydrogens is 136 g/mol. The fourth-order valence-corrected chi connectivity index (χ4v) is 1.28. The van der Waals surface area contributed by atoms with Gasteiger partial charge in [0.05, 0.1) is 5.76 Å². The maximum absolute atomic E-state index is 9.30. The van der Waals surface area contributed by atoms with Crippen LogP contribution in [0.5, 0.6) is 0 Å². The van der Waals surface area contributed by atoms with Gasteiger partial charge in [0.15, 0.2) is 0 Å². The van der Waals surface area contributed by atoms with E-state index in [1.165, 1.54) is 0 Å². The summed E-state index contributed by atoms with van der Waals surface area (Å²) in [5, 5.41) is 9.30. The molecule has 0 spiro atoms. The lowest BCUT2D eigenvalue weighted by Crippen LogP contribution is -2.22. The van der Waals surface area contributed by atoms with E-state index in [2.05, 4.69) is 26.8 Å². The maximum atomic E-state index is 9.30. The minimum atomic E-state index is 0.152. The van der Waals surface area contributed by atoms with E-state index in [1.54, 1.807) is 6.08 Å². The smallest absolute Gasteiger partial charge is 0.0931 e. The summed E-state index contributed by atoms with van der Waals surface area (Å²) < 4.78 is 0. The van der Waals surface area contributed by atoms with Crippen LogP contribution in [0.3, 0.4) is 0 Å². The fraction of sp³-hybridized carbons (Fsp3) is 0.600. The monoisotopic (exact) mass is 152 g/mol. The number of allylic oxidation sites excluding steroid dienone is 4. The van der Waals surface area contributed by atoms with Gasteiger partial charge < -0.3 is 5.11 Å². The highest BCUT2D eigenvalue weighted by molar-refractivity contribution is 5.19. The largest absolute Gasteiger partial charge is 0.512 e. The number of aliphatic hydroxyl groups excluding tert-OH is 1. The molecule has 0 fully saturated rings. The number of aliphatic hydroxyl groups is 1. The van der Waals surface area contributed by atoms with Crippen molar-refractivity contribution >= 4 is 0 Å².